The minimum Gasteiger partial charge on any atom is -0.459 e. The summed E-state index contributed by atoms with van der Waals surface area (Å²) < 4.78 is 10.4. The van der Waals surface area contributed by atoms with Crippen molar-refractivity contribution in [2.75, 3.05) is 0 Å². The van der Waals surface area contributed by atoms with Crippen LogP contribution in [0.4, 0.5) is 0 Å². The molecule has 0 aliphatic heterocycles. The number of carbonyl (C=O) groups excluding carboxylic acids is 1. The molecular weight excluding hydrogens is 318 g/mol. The van der Waals surface area contributed by atoms with E-state index in [2.05, 4.69) is 48.4 Å². The quantitative estimate of drug-likeness (QED) is 0.773. The van der Waals surface area contributed by atoms with Crippen molar-refractivity contribution in [2.45, 2.75) is 39.2 Å². The highest BCUT2D eigenvalue weighted by atomic mass is 16.5. The van der Waals surface area contributed by atoms with Crippen LogP contribution in [-0.4, -0.2) is 16.0 Å². The highest BCUT2D eigenvalue weighted by molar-refractivity contribution is 5.91. The third-order valence-corrected chi connectivity index (χ3v) is 3.91. The van der Waals surface area contributed by atoms with Crippen LogP contribution in [0.5, 0.6) is 0 Å². The van der Waals surface area contributed by atoms with Crippen molar-refractivity contribution in [1.82, 2.24) is 15.5 Å². The summed E-state index contributed by atoms with van der Waals surface area (Å²) in [6.07, 6.45) is 1.45. The lowest BCUT2D eigenvalue weighted by molar-refractivity contribution is 0.0904. The van der Waals surface area contributed by atoms with E-state index in [1.807, 2.05) is 12.1 Å². The van der Waals surface area contributed by atoms with Crippen LogP contribution in [0.15, 0.2) is 51.6 Å². The molecule has 0 saturated heterocycles. The van der Waals surface area contributed by atoms with Gasteiger partial charge in [-0.2, -0.15) is 4.98 Å². The summed E-state index contributed by atoms with van der Waals surface area (Å²) in [5.41, 5.74) is 2.19. The van der Waals surface area contributed by atoms with E-state index in [0.717, 1.165) is 5.56 Å². The number of furan rings is 1. The Morgan fingerprint density at radius 3 is 2.48 bits per heavy atom. The molecule has 1 atom stereocenters. The molecule has 0 bridgehead atoms. The molecule has 1 N–H and O–H groups in total. The molecule has 0 saturated carbocycles. The topological polar surface area (TPSA) is 81.2 Å². The molecule has 6 heteroatoms. The summed E-state index contributed by atoms with van der Waals surface area (Å²) in [4.78, 5) is 16.4. The van der Waals surface area contributed by atoms with Gasteiger partial charge in [0.1, 0.15) is 6.04 Å². The van der Waals surface area contributed by atoms with Crippen LogP contribution in [0, 0.1) is 0 Å². The zero-order chi connectivity index (χ0) is 18.0. The molecule has 130 valence electrons. The number of carbonyl (C=O) groups is 1. The largest absolute Gasteiger partial charge is 0.459 e. The highest BCUT2D eigenvalue weighted by Gasteiger charge is 2.20. The van der Waals surface area contributed by atoms with E-state index in [4.69, 9.17) is 8.94 Å². The second-order valence-electron chi connectivity index (χ2n) is 6.96. The number of rotatable bonds is 4. The van der Waals surface area contributed by atoms with Crippen LogP contribution in [0.1, 0.15) is 55.7 Å². The molecule has 1 aromatic carbocycles. The summed E-state index contributed by atoms with van der Waals surface area (Å²) in [5.74, 6) is 0.750. The Labute approximate surface area is 146 Å². The number of hydrogen-bond acceptors (Lipinski definition) is 5. The van der Waals surface area contributed by atoms with E-state index < -0.39 is 6.04 Å². The first kappa shape index (κ1) is 17.0. The Hall–Kier alpha value is -2.89. The van der Waals surface area contributed by atoms with Gasteiger partial charge in [0.25, 0.3) is 5.91 Å². The molecule has 1 unspecified atom stereocenters. The molecule has 1 amide bonds. The van der Waals surface area contributed by atoms with Gasteiger partial charge in [0, 0.05) is 5.56 Å². The molecule has 25 heavy (non-hydrogen) atoms. The fourth-order valence-electron chi connectivity index (χ4n) is 2.38. The Morgan fingerprint density at radius 2 is 1.88 bits per heavy atom. The predicted octanol–water partition coefficient (Wildman–Crippen LogP) is 4.12. The molecule has 0 aliphatic carbocycles. The minimum absolute atomic E-state index is 0.0889. The van der Waals surface area contributed by atoms with Crippen molar-refractivity contribution in [3.63, 3.8) is 0 Å². The average Bonchev–Trinajstić information content (AvgIpc) is 3.26. The molecule has 3 rings (SSSR count). The summed E-state index contributed by atoms with van der Waals surface area (Å²) in [6, 6.07) is 10.9. The van der Waals surface area contributed by atoms with Gasteiger partial charge in [0.15, 0.2) is 5.76 Å². The normalized spacial score (nSPS) is 12.8. The van der Waals surface area contributed by atoms with E-state index >= 15 is 0 Å². The lowest BCUT2D eigenvalue weighted by atomic mass is 9.87. The van der Waals surface area contributed by atoms with Crippen molar-refractivity contribution in [3.8, 4) is 11.4 Å². The number of aromatic nitrogens is 2. The lowest BCUT2D eigenvalue weighted by Gasteiger charge is -2.18. The van der Waals surface area contributed by atoms with Crippen LogP contribution < -0.4 is 5.32 Å². The van der Waals surface area contributed by atoms with Gasteiger partial charge in [-0.05, 0) is 30.0 Å². The van der Waals surface area contributed by atoms with Crippen molar-refractivity contribution < 1.29 is 13.7 Å². The molecule has 0 radical (unpaired) electrons. The van der Waals surface area contributed by atoms with Crippen LogP contribution in [-0.2, 0) is 5.41 Å². The monoisotopic (exact) mass is 339 g/mol. The Bertz CT molecular complexity index is 843. The van der Waals surface area contributed by atoms with Crippen LogP contribution >= 0.6 is 0 Å². The predicted molar refractivity (Wildman–Crippen MR) is 93.0 cm³/mol. The summed E-state index contributed by atoms with van der Waals surface area (Å²) in [7, 11) is 0. The summed E-state index contributed by atoms with van der Waals surface area (Å²) in [5, 5.41) is 6.77. The van der Waals surface area contributed by atoms with E-state index in [1.54, 1.807) is 19.1 Å². The van der Waals surface area contributed by atoms with Gasteiger partial charge in [0.05, 0.1) is 6.26 Å². The molecule has 2 aromatic heterocycles. The highest BCUT2D eigenvalue weighted by Crippen LogP contribution is 2.25. The lowest BCUT2D eigenvalue weighted by Crippen LogP contribution is -2.26. The third-order valence-electron chi connectivity index (χ3n) is 3.91. The first-order chi connectivity index (χ1) is 11.8. The fourth-order valence-corrected chi connectivity index (χ4v) is 2.38. The second-order valence-corrected chi connectivity index (χ2v) is 6.96. The number of nitrogens with zero attached hydrogens (tertiary/aromatic N) is 2. The van der Waals surface area contributed by atoms with Crippen molar-refractivity contribution in [3.05, 3.63) is 59.9 Å². The summed E-state index contributed by atoms with van der Waals surface area (Å²) in [6.45, 7) is 8.27. The number of nitrogens with one attached hydrogen (secondary N) is 1. The number of amides is 1. The van der Waals surface area contributed by atoms with Gasteiger partial charge in [-0.15, -0.1) is 0 Å². The van der Waals surface area contributed by atoms with E-state index in [-0.39, 0.29) is 17.1 Å². The van der Waals surface area contributed by atoms with Crippen LogP contribution in [0.3, 0.4) is 0 Å². The minimum atomic E-state index is -0.423. The van der Waals surface area contributed by atoms with E-state index in [9.17, 15) is 4.79 Å². The maximum atomic E-state index is 12.0. The van der Waals surface area contributed by atoms with Crippen molar-refractivity contribution >= 4 is 5.91 Å². The Balaban J connectivity index is 1.72. The maximum absolute atomic E-state index is 12.0. The second kappa shape index (κ2) is 6.55. The first-order valence-corrected chi connectivity index (χ1v) is 8.13. The molecule has 6 nitrogen and oxygen atoms in total. The third kappa shape index (κ3) is 3.79. The number of hydrogen-bond donors (Lipinski definition) is 1. The van der Waals surface area contributed by atoms with Crippen molar-refractivity contribution in [1.29, 1.82) is 0 Å². The number of benzene rings is 1. The first-order valence-electron chi connectivity index (χ1n) is 8.13. The Kier molecular flexibility index (Phi) is 4.44. The zero-order valence-corrected chi connectivity index (χ0v) is 14.7. The van der Waals surface area contributed by atoms with Crippen LogP contribution in [0.25, 0.3) is 11.4 Å². The SMILES string of the molecule is CC(NC(=O)c1ccco1)c1nc(-c2ccc(C(C)(C)C)cc2)no1. The maximum Gasteiger partial charge on any atom is 0.287 e. The van der Waals surface area contributed by atoms with Gasteiger partial charge in [-0.3, -0.25) is 4.79 Å². The summed E-state index contributed by atoms with van der Waals surface area (Å²) >= 11 is 0. The molecule has 2 heterocycles. The van der Waals surface area contributed by atoms with Gasteiger partial charge in [-0.1, -0.05) is 50.2 Å². The van der Waals surface area contributed by atoms with E-state index in [0.29, 0.717) is 11.7 Å². The zero-order valence-electron chi connectivity index (χ0n) is 14.7. The van der Waals surface area contributed by atoms with E-state index in [1.165, 1.54) is 11.8 Å². The van der Waals surface area contributed by atoms with Gasteiger partial charge in [0.2, 0.25) is 11.7 Å². The standard InChI is InChI=1S/C19H21N3O3/c1-12(20-17(23)15-6-5-11-24-15)18-21-16(22-25-18)13-7-9-14(10-8-13)19(2,3)4/h5-12H,1-4H3,(H,20,23). The van der Waals surface area contributed by atoms with Crippen molar-refractivity contribution in [2.24, 2.45) is 0 Å². The van der Waals surface area contributed by atoms with Gasteiger partial charge >= 0.3 is 0 Å². The van der Waals surface area contributed by atoms with Gasteiger partial charge in [-0.25, -0.2) is 0 Å². The Morgan fingerprint density at radius 1 is 1.16 bits per heavy atom. The van der Waals surface area contributed by atoms with Crippen LogP contribution in [0.2, 0.25) is 0 Å². The fraction of sp³-hybridized carbons (Fsp3) is 0.316. The molecule has 3 aromatic rings. The molecule has 0 aliphatic rings. The smallest absolute Gasteiger partial charge is 0.287 e. The molecule has 0 spiro atoms. The molecular formula is C19H21N3O3. The van der Waals surface area contributed by atoms with Gasteiger partial charge < -0.3 is 14.3 Å². The average molecular weight is 339 g/mol. The molecule has 0 fully saturated rings.